The molecule has 1 atom stereocenters. The van der Waals surface area contributed by atoms with Crippen LogP contribution in [0.2, 0.25) is 0 Å². The number of aliphatic imine (C=N–C) groups is 1. The van der Waals surface area contributed by atoms with Crippen molar-refractivity contribution >= 4 is 29.2 Å². The summed E-state index contributed by atoms with van der Waals surface area (Å²) in [5.74, 6) is 0.591. The Morgan fingerprint density at radius 1 is 1.52 bits per heavy atom. The van der Waals surface area contributed by atoms with Crippen LogP contribution in [0, 0.1) is 0 Å². The third kappa shape index (κ3) is 5.30. The normalized spacial score (nSPS) is 18.0. The molecule has 1 saturated heterocycles. The number of ether oxygens (including phenoxy) is 2. The van der Waals surface area contributed by atoms with Crippen LogP contribution in [-0.4, -0.2) is 45.9 Å². The molecule has 0 radical (unpaired) electrons. The van der Waals surface area contributed by atoms with Gasteiger partial charge < -0.3 is 14.4 Å². The number of thiocarbonyl (C=S) groups is 1. The van der Waals surface area contributed by atoms with E-state index < -0.39 is 5.60 Å². The fourth-order valence-electron chi connectivity index (χ4n) is 2.31. The van der Waals surface area contributed by atoms with Gasteiger partial charge in [0.15, 0.2) is 0 Å². The molecule has 23 heavy (non-hydrogen) atoms. The molecule has 0 aromatic carbocycles. The number of pyridine rings is 1. The van der Waals surface area contributed by atoms with Gasteiger partial charge in [-0.15, -0.1) is 0 Å². The summed E-state index contributed by atoms with van der Waals surface area (Å²) in [5, 5.41) is 2.32. The second-order valence-electron chi connectivity index (χ2n) is 6.35. The number of aromatic nitrogens is 1. The van der Waals surface area contributed by atoms with Crippen LogP contribution in [-0.2, 0) is 4.74 Å². The first-order valence-electron chi connectivity index (χ1n) is 7.55. The van der Waals surface area contributed by atoms with Gasteiger partial charge in [0.05, 0.1) is 17.9 Å². The molecule has 2 rings (SSSR count). The summed E-state index contributed by atoms with van der Waals surface area (Å²) in [4.78, 5) is 21.8. The molecule has 0 N–H and O–H groups in total. The topological polar surface area (TPSA) is 64.0 Å². The van der Waals surface area contributed by atoms with Crippen LogP contribution in [0.5, 0.6) is 5.75 Å². The molecule has 1 aliphatic heterocycles. The molecule has 124 valence electrons. The van der Waals surface area contributed by atoms with E-state index in [0.717, 1.165) is 12.8 Å². The van der Waals surface area contributed by atoms with Crippen molar-refractivity contribution in [2.45, 2.75) is 45.3 Å². The van der Waals surface area contributed by atoms with Gasteiger partial charge in [-0.1, -0.05) is 0 Å². The Morgan fingerprint density at radius 3 is 3.00 bits per heavy atom. The van der Waals surface area contributed by atoms with Gasteiger partial charge in [-0.05, 0) is 45.8 Å². The van der Waals surface area contributed by atoms with Crippen LogP contribution in [0.1, 0.15) is 33.6 Å². The van der Waals surface area contributed by atoms with E-state index >= 15 is 0 Å². The maximum absolute atomic E-state index is 12.2. The summed E-state index contributed by atoms with van der Waals surface area (Å²) < 4.78 is 11.4. The summed E-state index contributed by atoms with van der Waals surface area (Å²) in [6.07, 6.45) is 4.51. The molecule has 1 amide bonds. The van der Waals surface area contributed by atoms with Crippen LogP contribution >= 0.6 is 12.2 Å². The molecule has 0 unspecified atom stereocenters. The average Bonchev–Trinajstić information content (AvgIpc) is 2.48. The first kappa shape index (κ1) is 17.4. The standard InChI is InChI=1S/C16H21N3O3S/c1-16(2,3)22-15(20)19-8-4-5-12(10-19)21-14-6-7-17-9-13(14)18-11-23/h6-7,9,12H,4-5,8,10H2,1-3H3/t12-/m0/s1. The van der Waals surface area contributed by atoms with Gasteiger partial charge >= 0.3 is 6.09 Å². The number of nitrogens with zero attached hydrogens (tertiary/aromatic N) is 3. The van der Waals surface area contributed by atoms with Crippen molar-refractivity contribution in [2.24, 2.45) is 4.99 Å². The monoisotopic (exact) mass is 335 g/mol. The van der Waals surface area contributed by atoms with Gasteiger partial charge in [-0.25, -0.2) is 4.79 Å². The maximum atomic E-state index is 12.2. The lowest BCUT2D eigenvalue weighted by Gasteiger charge is -2.34. The van der Waals surface area contributed by atoms with E-state index in [2.05, 4.69) is 27.4 Å². The molecule has 2 heterocycles. The molecule has 7 heteroatoms. The molecule has 1 aliphatic rings. The Bertz CT molecular complexity index is 609. The number of carbonyl (C=O) groups excluding carboxylic acids is 1. The lowest BCUT2D eigenvalue weighted by Crippen LogP contribution is -2.46. The Kier molecular flexibility index (Phi) is 5.69. The summed E-state index contributed by atoms with van der Waals surface area (Å²) >= 11 is 4.63. The summed E-state index contributed by atoms with van der Waals surface area (Å²) in [6.45, 7) is 6.73. The average molecular weight is 335 g/mol. The third-order valence-electron chi connectivity index (χ3n) is 3.25. The number of hydrogen-bond donors (Lipinski definition) is 0. The number of hydrogen-bond acceptors (Lipinski definition) is 6. The third-order valence-corrected chi connectivity index (χ3v) is 3.34. The van der Waals surface area contributed by atoms with Gasteiger partial charge in [-0.2, -0.15) is 4.99 Å². The zero-order valence-corrected chi connectivity index (χ0v) is 14.4. The van der Waals surface area contributed by atoms with Crippen molar-refractivity contribution in [3.63, 3.8) is 0 Å². The van der Waals surface area contributed by atoms with Gasteiger partial charge in [0.1, 0.15) is 23.1 Å². The van der Waals surface area contributed by atoms with E-state index in [4.69, 9.17) is 9.47 Å². The second kappa shape index (κ2) is 7.53. The molecular formula is C16H21N3O3S. The zero-order chi connectivity index (χ0) is 16.9. The van der Waals surface area contributed by atoms with Gasteiger partial charge in [0, 0.05) is 18.8 Å². The van der Waals surface area contributed by atoms with Crippen LogP contribution < -0.4 is 4.74 Å². The molecular weight excluding hydrogens is 314 g/mol. The quantitative estimate of drug-likeness (QED) is 0.624. The van der Waals surface area contributed by atoms with Crippen LogP contribution in [0.4, 0.5) is 10.5 Å². The number of rotatable bonds is 3. The van der Waals surface area contributed by atoms with Gasteiger partial charge in [0.2, 0.25) is 0 Å². The van der Waals surface area contributed by atoms with Crippen molar-refractivity contribution in [3.8, 4) is 5.75 Å². The van der Waals surface area contributed by atoms with E-state index in [1.807, 2.05) is 20.8 Å². The van der Waals surface area contributed by atoms with Crippen molar-refractivity contribution < 1.29 is 14.3 Å². The molecule has 1 aromatic rings. The summed E-state index contributed by atoms with van der Waals surface area (Å²) in [7, 11) is 0. The van der Waals surface area contributed by atoms with Crippen molar-refractivity contribution in [2.75, 3.05) is 13.1 Å². The summed E-state index contributed by atoms with van der Waals surface area (Å²) in [5.41, 5.74) is 0.0360. The largest absolute Gasteiger partial charge is 0.486 e. The van der Waals surface area contributed by atoms with Crippen molar-refractivity contribution in [1.82, 2.24) is 9.88 Å². The molecule has 0 aliphatic carbocycles. The molecule has 1 fully saturated rings. The molecule has 0 spiro atoms. The molecule has 6 nitrogen and oxygen atoms in total. The lowest BCUT2D eigenvalue weighted by atomic mass is 10.1. The van der Waals surface area contributed by atoms with Crippen molar-refractivity contribution in [1.29, 1.82) is 0 Å². The fourth-order valence-corrected chi connectivity index (χ4v) is 2.41. The van der Waals surface area contributed by atoms with Gasteiger partial charge in [-0.3, -0.25) is 4.98 Å². The number of carbonyl (C=O) groups is 1. The number of piperidine rings is 1. The first-order valence-corrected chi connectivity index (χ1v) is 7.96. The van der Waals surface area contributed by atoms with Crippen LogP contribution in [0.25, 0.3) is 0 Å². The Morgan fingerprint density at radius 2 is 2.30 bits per heavy atom. The van der Waals surface area contributed by atoms with E-state index in [0.29, 0.717) is 24.5 Å². The smallest absolute Gasteiger partial charge is 0.410 e. The highest BCUT2D eigenvalue weighted by Gasteiger charge is 2.28. The van der Waals surface area contributed by atoms with Gasteiger partial charge in [0.25, 0.3) is 0 Å². The minimum atomic E-state index is -0.503. The summed E-state index contributed by atoms with van der Waals surface area (Å²) in [6, 6.07) is 1.73. The Hall–Kier alpha value is -1.98. The minimum Gasteiger partial charge on any atom is -0.486 e. The Balaban J connectivity index is 2.02. The molecule has 1 aromatic heterocycles. The Labute approximate surface area is 141 Å². The second-order valence-corrected chi connectivity index (χ2v) is 6.54. The predicted molar refractivity (Wildman–Crippen MR) is 90.4 cm³/mol. The first-order chi connectivity index (χ1) is 10.9. The number of isothiocyanates is 1. The molecule has 0 saturated carbocycles. The predicted octanol–water partition coefficient (Wildman–Crippen LogP) is 3.59. The number of likely N-dealkylation sites (tertiary alicyclic amines) is 1. The zero-order valence-electron chi connectivity index (χ0n) is 13.6. The van der Waals surface area contributed by atoms with Crippen molar-refractivity contribution in [3.05, 3.63) is 18.5 Å². The highest BCUT2D eigenvalue weighted by Crippen LogP contribution is 2.28. The maximum Gasteiger partial charge on any atom is 0.410 e. The van der Waals surface area contributed by atoms with E-state index in [9.17, 15) is 4.79 Å². The van der Waals surface area contributed by atoms with E-state index in [1.165, 1.54) is 0 Å². The van der Waals surface area contributed by atoms with E-state index in [-0.39, 0.29) is 12.2 Å². The van der Waals surface area contributed by atoms with Crippen LogP contribution in [0.15, 0.2) is 23.5 Å². The lowest BCUT2D eigenvalue weighted by molar-refractivity contribution is 0.00783. The number of amides is 1. The minimum absolute atomic E-state index is 0.113. The van der Waals surface area contributed by atoms with E-state index in [1.54, 1.807) is 23.4 Å². The fraction of sp³-hybridized carbons (Fsp3) is 0.562. The molecule has 0 bridgehead atoms. The highest BCUT2D eigenvalue weighted by atomic mass is 32.1. The van der Waals surface area contributed by atoms with Crippen LogP contribution in [0.3, 0.4) is 0 Å². The highest BCUT2D eigenvalue weighted by molar-refractivity contribution is 7.78. The SMILES string of the molecule is CC(C)(C)OC(=O)N1CCC[C@H](Oc2ccncc2N=C=S)C1.